The maximum atomic E-state index is 13.5. The molecule has 0 radical (unpaired) electrons. The van der Waals surface area contributed by atoms with Gasteiger partial charge >= 0.3 is 6.03 Å². The number of rotatable bonds is 5. The van der Waals surface area contributed by atoms with Crippen LogP contribution in [0.2, 0.25) is 0 Å². The molecular weight excluding hydrogens is 319 g/mol. The van der Waals surface area contributed by atoms with Gasteiger partial charge in [-0.1, -0.05) is 18.3 Å². The van der Waals surface area contributed by atoms with E-state index in [4.69, 9.17) is 10.00 Å². The molecule has 0 saturated heterocycles. The van der Waals surface area contributed by atoms with Gasteiger partial charge in [0.05, 0.1) is 11.8 Å². The molecule has 6 nitrogen and oxygen atoms in total. The maximum Gasteiger partial charge on any atom is 0.323 e. The lowest BCUT2D eigenvalue weighted by Gasteiger charge is -2.15. The second-order valence-electron chi connectivity index (χ2n) is 4.69. The van der Waals surface area contributed by atoms with E-state index in [0.29, 0.717) is 16.7 Å². The largest absolute Gasteiger partial charge is 0.445 e. The Morgan fingerprint density at radius 3 is 3.00 bits per heavy atom. The van der Waals surface area contributed by atoms with Crippen molar-refractivity contribution in [1.82, 2.24) is 9.88 Å². The number of carbonyl (C=O) groups is 1. The first kappa shape index (κ1) is 16.7. The summed E-state index contributed by atoms with van der Waals surface area (Å²) in [7, 11) is 1.70. The minimum absolute atomic E-state index is 0.0476. The number of hydrogen-bond acceptors (Lipinski definition) is 5. The Labute approximate surface area is 137 Å². The number of nitrogens with one attached hydrogen (secondary N) is 1. The fourth-order valence-electron chi connectivity index (χ4n) is 1.75. The number of carbonyl (C=O) groups excluding carboxylic acids is 1. The Morgan fingerprint density at radius 2 is 2.35 bits per heavy atom. The normalized spacial score (nSPS) is 10.0. The van der Waals surface area contributed by atoms with Crippen molar-refractivity contribution in [3.05, 3.63) is 35.8 Å². The Hall–Kier alpha value is -2.66. The SMILES string of the molecule is CCCN(C)C(=O)Nc1ncc(Oc2ccc(C#N)c(F)c2)s1. The summed E-state index contributed by atoms with van der Waals surface area (Å²) < 4.78 is 19.0. The third-order valence-electron chi connectivity index (χ3n) is 2.88. The van der Waals surface area contributed by atoms with E-state index in [1.54, 1.807) is 18.0 Å². The number of urea groups is 1. The average Bonchev–Trinajstić information content (AvgIpc) is 2.94. The van der Waals surface area contributed by atoms with Crippen molar-refractivity contribution >= 4 is 22.5 Å². The van der Waals surface area contributed by atoms with E-state index in [1.807, 2.05) is 6.92 Å². The summed E-state index contributed by atoms with van der Waals surface area (Å²) in [5, 5.41) is 12.1. The molecular formula is C15H15FN4O2S. The summed E-state index contributed by atoms with van der Waals surface area (Å²) in [6.07, 6.45) is 2.30. The van der Waals surface area contributed by atoms with E-state index < -0.39 is 5.82 Å². The predicted molar refractivity (Wildman–Crippen MR) is 85.2 cm³/mol. The molecule has 2 aromatic rings. The molecule has 2 amide bonds. The van der Waals surface area contributed by atoms with Gasteiger partial charge in [-0.2, -0.15) is 5.26 Å². The molecule has 0 saturated carbocycles. The quantitative estimate of drug-likeness (QED) is 0.901. The lowest BCUT2D eigenvalue weighted by atomic mass is 10.2. The van der Waals surface area contributed by atoms with Crippen molar-refractivity contribution in [2.24, 2.45) is 0 Å². The van der Waals surface area contributed by atoms with Gasteiger partial charge in [-0.15, -0.1) is 0 Å². The summed E-state index contributed by atoms with van der Waals surface area (Å²) >= 11 is 1.13. The molecule has 0 aliphatic heterocycles. The predicted octanol–water partition coefficient (Wildman–Crippen LogP) is 3.82. The molecule has 0 bridgehead atoms. The van der Waals surface area contributed by atoms with Crippen LogP contribution in [0.15, 0.2) is 24.4 Å². The van der Waals surface area contributed by atoms with Crippen LogP contribution >= 0.6 is 11.3 Å². The van der Waals surface area contributed by atoms with Gasteiger partial charge in [0.15, 0.2) is 5.13 Å². The van der Waals surface area contributed by atoms with Gasteiger partial charge in [0, 0.05) is 19.7 Å². The van der Waals surface area contributed by atoms with E-state index in [2.05, 4.69) is 10.3 Å². The van der Waals surface area contributed by atoms with Crippen molar-refractivity contribution < 1.29 is 13.9 Å². The molecule has 0 aliphatic rings. The highest BCUT2D eigenvalue weighted by Gasteiger charge is 2.12. The molecule has 0 aliphatic carbocycles. The van der Waals surface area contributed by atoms with Gasteiger partial charge in [-0.25, -0.2) is 14.2 Å². The summed E-state index contributed by atoms with van der Waals surface area (Å²) in [5.41, 5.74) is -0.0476. The van der Waals surface area contributed by atoms with Crippen molar-refractivity contribution in [2.75, 3.05) is 18.9 Å². The number of nitriles is 1. The lowest BCUT2D eigenvalue weighted by Crippen LogP contribution is -2.31. The molecule has 8 heteroatoms. The average molecular weight is 334 g/mol. The van der Waals surface area contributed by atoms with Gasteiger partial charge in [-0.05, 0) is 18.6 Å². The van der Waals surface area contributed by atoms with Crippen LogP contribution in [0.3, 0.4) is 0 Å². The highest BCUT2D eigenvalue weighted by molar-refractivity contribution is 7.17. The minimum atomic E-state index is -0.649. The molecule has 0 fully saturated rings. The van der Waals surface area contributed by atoms with E-state index in [-0.39, 0.29) is 17.3 Å². The van der Waals surface area contributed by atoms with Crippen LogP contribution in [0.1, 0.15) is 18.9 Å². The number of nitrogens with zero attached hydrogens (tertiary/aromatic N) is 3. The molecule has 0 spiro atoms. The van der Waals surface area contributed by atoms with E-state index in [9.17, 15) is 9.18 Å². The maximum absolute atomic E-state index is 13.5. The van der Waals surface area contributed by atoms with Crippen LogP contribution in [0.25, 0.3) is 0 Å². The Morgan fingerprint density at radius 1 is 1.57 bits per heavy atom. The number of thiazole rings is 1. The minimum Gasteiger partial charge on any atom is -0.445 e. The van der Waals surface area contributed by atoms with Crippen LogP contribution in [0, 0.1) is 17.1 Å². The number of amides is 2. The Bertz CT molecular complexity index is 741. The zero-order chi connectivity index (χ0) is 16.8. The first-order chi connectivity index (χ1) is 11.0. The topological polar surface area (TPSA) is 78.2 Å². The molecule has 1 heterocycles. The number of ether oxygens (including phenoxy) is 1. The molecule has 0 unspecified atom stereocenters. The molecule has 2 rings (SSSR count). The Kier molecular flexibility index (Phi) is 5.49. The highest BCUT2D eigenvalue weighted by Crippen LogP contribution is 2.31. The number of halogens is 1. The molecule has 120 valence electrons. The van der Waals surface area contributed by atoms with Gasteiger partial charge in [-0.3, -0.25) is 5.32 Å². The first-order valence-electron chi connectivity index (χ1n) is 6.89. The monoisotopic (exact) mass is 334 g/mol. The van der Waals surface area contributed by atoms with Crippen molar-refractivity contribution in [3.63, 3.8) is 0 Å². The molecule has 1 N–H and O–H groups in total. The number of aromatic nitrogens is 1. The molecule has 23 heavy (non-hydrogen) atoms. The second-order valence-corrected chi connectivity index (χ2v) is 5.68. The standard InChI is InChI=1S/C15H15FN4O2S/c1-3-6-20(2)15(21)19-14-18-9-13(23-14)22-11-5-4-10(8-17)12(16)7-11/h4-5,7,9H,3,6H2,1-2H3,(H,18,19,21). The van der Waals surface area contributed by atoms with Crippen molar-refractivity contribution in [2.45, 2.75) is 13.3 Å². The van der Waals surface area contributed by atoms with Gasteiger partial charge < -0.3 is 9.64 Å². The van der Waals surface area contributed by atoms with Crippen LogP contribution < -0.4 is 10.1 Å². The zero-order valence-electron chi connectivity index (χ0n) is 12.7. The van der Waals surface area contributed by atoms with Crippen LogP contribution in [0.4, 0.5) is 14.3 Å². The molecule has 1 aromatic heterocycles. The third-order valence-corrected chi connectivity index (χ3v) is 3.67. The second kappa shape index (κ2) is 7.56. The highest BCUT2D eigenvalue weighted by atomic mass is 32.1. The van der Waals surface area contributed by atoms with Crippen LogP contribution in [-0.4, -0.2) is 29.5 Å². The van der Waals surface area contributed by atoms with Crippen LogP contribution in [-0.2, 0) is 0 Å². The molecule has 1 aromatic carbocycles. The van der Waals surface area contributed by atoms with Crippen LogP contribution in [0.5, 0.6) is 10.8 Å². The van der Waals surface area contributed by atoms with Crippen molar-refractivity contribution in [1.29, 1.82) is 5.26 Å². The number of benzene rings is 1. The van der Waals surface area contributed by atoms with Gasteiger partial charge in [0.1, 0.15) is 17.6 Å². The number of hydrogen-bond donors (Lipinski definition) is 1. The van der Waals surface area contributed by atoms with Gasteiger partial charge in [0.2, 0.25) is 5.06 Å². The lowest BCUT2D eigenvalue weighted by molar-refractivity contribution is 0.222. The fourth-order valence-corrected chi connectivity index (χ4v) is 2.43. The number of anilines is 1. The summed E-state index contributed by atoms with van der Waals surface area (Å²) in [6.45, 7) is 2.63. The van der Waals surface area contributed by atoms with E-state index in [1.165, 1.54) is 18.3 Å². The molecule has 0 atom stereocenters. The summed E-state index contributed by atoms with van der Waals surface area (Å²) in [4.78, 5) is 17.4. The van der Waals surface area contributed by atoms with E-state index >= 15 is 0 Å². The summed E-state index contributed by atoms with van der Waals surface area (Å²) in [6, 6.07) is 5.45. The van der Waals surface area contributed by atoms with Crippen molar-refractivity contribution in [3.8, 4) is 16.9 Å². The first-order valence-corrected chi connectivity index (χ1v) is 7.70. The Balaban J connectivity index is 2.01. The fraction of sp³-hybridized carbons (Fsp3) is 0.267. The van der Waals surface area contributed by atoms with E-state index in [0.717, 1.165) is 23.8 Å². The summed E-state index contributed by atoms with van der Waals surface area (Å²) in [5.74, 6) is -0.393. The third kappa shape index (κ3) is 4.40. The van der Waals surface area contributed by atoms with Gasteiger partial charge in [0.25, 0.3) is 0 Å². The zero-order valence-corrected chi connectivity index (χ0v) is 13.5. The smallest absolute Gasteiger partial charge is 0.323 e.